The SMILES string of the molecule is Cc1ccc(CNCCNCCNCCC(=O)O)cc1. The van der Waals surface area contributed by atoms with Crippen LogP contribution < -0.4 is 16.0 Å². The van der Waals surface area contributed by atoms with E-state index in [1.807, 2.05) is 0 Å². The fourth-order valence-corrected chi connectivity index (χ4v) is 1.74. The zero-order valence-corrected chi connectivity index (χ0v) is 12.1. The molecule has 0 saturated carbocycles. The Morgan fingerprint density at radius 3 is 2.10 bits per heavy atom. The Morgan fingerprint density at radius 2 is 1.50 bits per heavy atom. The molecule has 0 amide bonds. The van der Waals surface area contributed by atoms with Crippen LogP contribution >= 0.6 is 0 Å². The minimum absolute atomic E-state index is 0.179. The maximum Gasteiger partial charge on any atom is 0.304 e. The van der Waals surface area contributed by atoms with Crippen LogP contribution in [-0.4, -0.2) is 43.8 Å². The Kier molecular flexibility index (Phi) is 8.62. The molecule has 0 aliphatic carbocycles. The molecule has 5 nitrogen and oxygen atoms in total. The maximum atomic E-state index is 10.3. The minimum atomic E-state index is -0.759. The number of carbonyl (C=O) groups is 1. The Labute approximate surface area is 120 Å². The standard InChI is InChI=1S/C15H25N3O2/c1-13-2-4-14(5-3-13)12-18-11-10-17-9-8-16-7-6-15(19)20/h2-5,16-18H,6-12H2,1H3,(H,19,20). The summed E-state index contributed by atoms with van der Waals surface area (Å²) >= 11 is 0. The van der Waals surface area contributed by atoms with Gasteiger partial charge >= 0.3 is 5.97 Å². The van der Waals surface area contributed by atoms with Crippen molar-refractivity contribution in [1.29, 1.82) is 0 Å². The van der Waals surface area contributed by atoms with Crippen LogP contribution in [0.1, 0.15) is 17.5 Å². The summed E-state index contributed by atoms with van der Waals surface area (Å²) in [4.78, 5) is 10.3. The molecule has 0 bridgehead atoms. The van der Waals surface area contributed by atoms with Gasteiger partial charge in [-0.1, -0.05) is 29.8 Å². The van der Waals surface area contributed by atoms with Crippen LogP contribution in [0.5, 0.6) is 0 Å². The lowest BCUT2D eigenvalue weighted by Gasteiger charge is -2.07. The highest BCUT2D eigenvalue weighted by Crippen LogP contribution is 2.01. The maximum absolute atomic E-state index is 10.3. The van der Waals surface area contributed by atoms with Gasteiger partial charge in [0.1, 0.15) is 0 Å². The normalized spacial score (nSPS) is 10.7. The van der Waals surface area contributed by atoms with Crippen LogP contribution in [0.25, 0.3) is 0 Å². The molecule has 0 saturated heterocycles. The van der Waals surface area contributed by atoms with E-state index in [2.05, 4.69) is 47.1 Å². The first-order valence-corrected chi connectivity index (χ1v) is 7.08. The summed E-state index contributed by atoms with van der Waals surface area (Å²) < 4.78 is 0. The summed E-state index contributed by atoms with van der Waals surface area (Å²) in [5.74, 6) is -0.759. The molecule has 0 aliphatic heterocycles. The molecule has 1 rings (SSSR count). The minimum Gasteiger partial charge on any atom is -0.481 e. The average Bonchev–Trinajstić information content (AvgIpc) is 2.42. The van der Waals surface area contributed by atoms with Crippen molar-refractivity contribution in [3.63, 3.8) is 0 Å². The number of aryl methyl sites for hydroxylation is 1. The van der Waals surface area contributed by atoms with Gasteiger partial charge in [0.25, 0.3) is 0 Å². The molecule has 0 spiro atoms. The van der Waals surface area contributed by atoms with E-state index in [1.54, 1.807) is 0 Å². The third-order valence-corrected chi connectivity index (χ3v) is 2.92. The van der Waals surface area contributed by atoms with Gasteiger partial charge in [-0.05, 0) is 12.5 Å². The largest absolute Gasteiger partial charge is 0.481 e. The van der Waals surface area contributed by atoms with Gasteiger partial charge in [0, 0.05) is 39.3 Å². The molecular weight excluding hydrogens is 254 g/mol. The lowest BCUT2D eigenvalue weighted by atomic mass is 10.1. The first-order valence-electron chi connectivity index (χ1n) is 7.08. The van der Waals surface area contributed by atoms with Gasteiger partial charge < -0.3 is 21.1 Å². The van der Waals surface area contributed by atoms with Crippen molar-refractivity contribution < 1.29 is 9.90 Å². The number of aliphatic carboxylic acids is 1. The van der Waals surface area contributed by atoms with Crippen LogP contribution in [-0.2, 0) is 11.3 Å². The highest BCUT2D eigenvalue weighted by Gasteiger charge is 1.95. The van der Waals surface area contributed by atoms with Gasteiger partial charge in [-0.2, -0.15) is 0 Å². The van der Waals surface area contributed by atoms with Crippen molar-refractivity contribution in [2.24, 2.45) is 0 Å². The predicted octanol–water partition coefficient (Wildman–Crippen LogP) is 0.739. The van der Waals surface area contributed by atoms with Crippen molar-refractivity contribution in [2.75, 3.05) is 32.7 Å². The number of carboxylic acid groups (broad SMARTS) is 1. The van der Waals surface area contributed by atoms with Gasteiger partial charge in [0.2, 0.25) is 0 Å². The summed E-state index contributed by atoms with van der Waals surface area (Å²) in [5, 5.41) is 18.2. The molecule has 112 valence electrons. The summed E-state index contributed by atoms with van der Waals surface area (Å²) in [5.41, 5.74) is 2.58. The molecule has 0 aliphatic rings. The first kappa shape index (κ1) is 16.6. The molecule has 5 heteroatoms. The van der Waals surface area contributed by atoms with Crippen molar-refractivity contribution in [1.82, 2.24) is 16.0 Å². The Balaban J connectivity index is 1.87. The van der Waals surface area contributed by atoms with E-state index in [-0.39, 0.29) is 6.42 Å². The van der Waals surface area contributed by atoms with E-state index in [1.165, 1.54) is 11.1 Å². The molecule has 1 aromatic carbocycles. The molecule has 4 N–H and O–H groups in total. The van der Waals surface area contributed by atoms with E-state index >= 15 is 0 Å². The molecule has 0 aromatic heterocycles. The fraction of sp³-hybridized carbons (Fsp3) is 0.533. The van der Waals surface area contributed by atoms with Crippen molar-refractivity contribution in [2.45, 2.75) is 19.9 Å². The molecule has 0 heterocycles. The summed E-state index contributed by atoms with van der Waals surface area (Å²) in [6.45, 7) is 6.99. The number of hydrogen-bond donors (Lipinski definition) is 4. The Morgan fingerprint density at radius 1 is 0.950 bits per heavy atom. The number of rotatable bonds is 11. The predicted molar refractivity (Wildman–Crippen MR) is 80.9 cm³/mol. The summed E-state index contributed by atoms with van der Waals surface area (Å²) in [6, 6.07) is 8.53. The monoisotopic (exact) mass is 279 g/mol. The van der Waals surface area contributed by atoms with Crippen LogP contribution in [0.2, 0.25) is 0 Å². The van der Waals surface area contributed by atoms with Gasteiger partial charge in [-0.25, -0.2) is 0 Å². The quantitative estimate of drug-likeness (QED) is 0.450. The average molecular weight is 279 g/mol. The van der Waals surface area contributed by atoms with Crippen LogP contribution in [0.3, 0.4) is 0 Å². The van der Waals surface area contributed by atoms with E-state index < -0.39 is 5.97 Å². The third-order valence-electron chi connectivity index (χ3n) is 2.92. The van der Waals surface area contributed by atoms with Gasteiger partial charge in [-0.15, -0.1) is 0 Å². The number of carboxylic acids is 1. The lowest BCUT2D eigenvalue weighted by Crippen LogP contribution is -2.33. The zero-order valence-electron chi connectivity index (χ0n) is 12.1. The third kappa shape index (κ3) is 8.63. The van der Waals surface area contributed by atoms with Crippen LogP contribution in [0, 0.1) is 6.92 Å². The number of benzene rings is 1. The van der Waals surface area contributed by atoms with Crippen molar-refractivity contribution >= 4 is 5.97 Å². The van der Waals surface area contributed by atoms with E-state index in [9.17, 15) is 4.79 Å². The number of hydrogen-bond acceptors (Lipinski definition) is 4. The molecular formula is C15H25N3O2. The molecule has 0 fully saturated rings. The second kappa shape index (κ2) is 10.4. The van der Waals surface area contributed by atoms with Gasteiger partial charge in [0.05, 0.1) is 6.42 Å². The van der Waals surface area contributed by atoms with E-state index in [4.69, 9.17) is 5.11 Å². The summed E-state index contributed by atoms with van der Waals surface area (Å²) in [6.07, 6.45) is 0.179. The Bertz CT molecular complexity index is 379. The summed E-state index contributed by atoms with van der Waals surface area (Å²) in [7, 11) is 0. The van der Waals surface area contributed by atoms with E-state index in [0.29, 0.717) is 6.54 Å². The second-order valence-electron chi connectivity index (χ2n) is 4.81. The molecule has 20 heavy (non-hydrogen) atoms. The van der Waals surface area contributed by atoms with E-state index in [0.717, 1.165) is 32.7 Å². The number of nitrogens with one attached hydrogen (secondary N) is 3. The molecule has 0 atom stereocenters. The van der Waals surface area contributed by atoms with Gasteiger partial charge in [0.15, 0.2) is 0 Å². The Hall–Kier alpha value is -1.43. The fourth-order valence-electron chi connectivity index (χ4n) is 1.74. The topological polar surface area (TPSA) is 73.4 Å². The molecule has 0 radical (unpaired) electrons. The van der Waals surface area contributed by atoms with Crippen molar-refractivity contribution in [3.8, 4) is 0 Å². The van der Waals surface area contributed by atoms with Crippen molar-refractivity contribution in [3.05, 3.63) is 35.4 Å². The lowest BCUT2D eigenvalue weighted by molar-refractivity contribution is -0.136. The first-order chi connectivity index (χ1) is 9.68. The highest BCUT2D eigenvalue weighted by atomic mass is 16.4. The highest BCUT2D eigenvalue weighted by molar-refractivity contribution is 5.66. The molecule has 0 unspecified atom stereocenters. The smallest absolute Gasteiger partial charge is 0.304 e. The second-order valence-corrected chi connectivity index (χ2v) is 4.81. The molecule has 1 aromatic rings. The zero-order chi connectivity index (χ0) is 14.6. The van der Waals surface area contributed by atoms with Crippen LogP contribution in [0.15, 0.2) is 24.3 Å². The van der Waals surface area contributed by atoms with Gasteiger partial charge in [-0.3, -0.25) is 4.79 Å². The van der Waals surface area contributed by atoms with Crippen LogP contribution in [0.4, 0.5) is 0 Å².